The number of aliphatic carboxylic acids is 1. The van der Waals surface area contributed by atoms with Crippen LogP contribution in [0.3, 0.4) is 0 Å². The maximum atomic E-state index is 13.4. The zero-order valence-corrected chi connectivity index (χ0v) is 21.4. The first-order chi connectivity index (χ1) is 16.8. The number of benzene rings is 2. The number of carboxylic acids is 1. The van der Waals surface area contributed by atoms with Crippen LogP contribution in [0, 0.1) is 6.92 Å². The van der Waals surface area contributed by atoms with E-state index in [1.54, 1.807) is 11.8 Å². The average Bonchev–Trinajstić information content (AvgIpc) is 3.20. The zero-order chi connectivity index (χ0) is 25.1. The van der Waals surface area contributed by atoms with Crippen LogP contribution in [0.1, 0.15) is 24.5 Å². The molecule has 2 aromatic carbocycles. The number of thioether (sulfide) groups is 1. The van der Waals surface area contributed by atoms with E-state index < -0.39 is 23.8 Å². The molecule has 0 saturated carbocycles. The van der Waals surface area contributed by atoms with Gasteiger partial charge in [-0.25, -0.2) is 9.36 Å². The molecule has 7 nitrogen and oxygen atoms in total. The predicted molar refractivity (Wildman–Crippen MR) is 141 cm³/mol. The summed E-state index contributed by atoms with van der Waals surface area (Å²) in [6.45, 7) is 4.06. The standard InChI is InChI=1S/C26H26N2O5S2/c1-4-13-33-19-11-9-17(10-12-19)23-16(2)22-24(31)27(15-21(29)30)26(32)28(25(22)35-23)14-18-7-5-6-8-20(18)34-3/h5-12H,4,13-15H2,1-3H3,(H,29,30). The van der Waals surface area contributed by atoms with Crippen molar-refractivity contribution < 1.29 is 14.6 Å². The Morgan fingerprint density at radius 3 is 2.46 bits per heavy atom. The number of rotatable bonds is 9. The van der Waals surface area contributed by atoms with Gasteiger partial charge in [0.05, 0.1) is 18.5 Å². The van der Waals surface area contributed by atoms with Crippen LogP contribution in [0.4, 0.5) is 0 Å². The summed E-state index contributed by atoms with van der Waals surface area (Å²) in [5.74, 6) is -0.473. The monoisotopic (exact) mass is 510 g/mol. The fourth-order valence-electron chi connectivity index (χ4n) is 4.01. The normalized spacial score (nSPS) is 11.2. The first kappa shape index (κ1) is 24.8. The minimum atomic E-state index is -1.24. The van der Waals surface area contributed by atoms with E-state index in [2.05, 4.69) is 0 Å². The molecule has 2 heterocycles. The number of fused-ring (bicyclic) bond motifs is 1. The second kappa shape index (κ2) is 10.5. The summed E-state index contributed by atoms with van der Waals surface area (Å²) in [5.41, 5.74) is 1.35. The van der Waals surface area contributed by atoms with Crippen LogP contribution < -0.4 is 16.0 Å². The topological polar surface area (TPSA) is 90.5 Å². The number of hydrogen-bond donors (Lipinski definition) is 1. The Hall–Kier alpha value is -3.30. The molecular formula is C26H26N2O5S2. The highest BCUT2D eigenvalue weighted by Gasteiger charge is 2.22. The molecule has 2 aromatic heterocycles. The van der Waals surface area contributed by atoms with Gasteiger partial charge in [0.25, 0.3) is 5.56 Å². The van der Waals surface area contributed by atoms with Crippen molar-refractivity contribution in [1.82, 2.24) is 9.13 Å². The van der Waals surface area contributed by atoms with Crippen LogP contribution in [0.15, 0.2) is 63.0 Å². The third-order valence-electron chi connectivity index (χ3n) is 5.70. The number of aryl methyl sites for hydroxylation is 1. The number of ether oxygens (including phenoxy) is 1. The van der Waals surface area contributed by atoms with Gasteiger partial charge in [0.1, 0.15) is 17.1 Å². The van der Waals surface area contributed by atoms with E-state index in [1.165, 1.54) is 15.9 Å². The highest BCUT2D eigenvalue weighted by Crippen LogP contribution is 2.37. The van der Waals surface area contributed by atoms with Crippen molar-refractivity contribution in [2.24, 2.45) is 0 Å². The fraction of sp³-hybridized carbons (Fsp3) is 0.269. The van der Waals surface area contributed by atoms with Crippen LogP contribution in [0.2, 0.25) is 0 Å². The molecule has 4 rings (SSSR count). The number of carboxylic acid groups (broad SMARTS) is 1. The van der Waals surface area contributed by atoms with Gasteiger partial charge in [-0.15, -0.1) is 23.1 Å². The molecule has 0 aliphatic rings. The minimum Gasteiger partial charge on any atom is -0.494 e. The second-order valence-electron chi connectivity index (χ2n) is 8.07. The number of carbonyl (C=O) groups is 1. The fourth-order valence-corrected chi connectivity index (χ4v) is 5.92. The van der Waals surface area contributed by atoms with E-state index >= 15 is 0 Å². The van der Waals surface area contributed by atoms with Gasteiger partial charge in [0, 0.05) is 9.77 Å². The maximum Gasteiger partial charge on any atom is 0.332 e. The first-order valence-corrected chi connectivity index (χ1v) is 13.2. The lowest BCUT2D eigenvalue weighted by atomic mass is 10.1. The predicted octanol–water partition coefficient (Wildman–Crippen LogP) is 4.84. The Kier molecular flexibility index (Phi) is 7.47. The van der Waals surface area contributed by atoms with Gasteiger partial charge in [-0.05, 0) is 66.6 Å². The van der Waals surface area contributed by atoms with E-state index in [9.17, 15) is 19.5 Å². The highest BCUT2D eigenvalue weighted by atomic mass is 32.2. The number of hydrogen-bond acceptors (Lipinski definition) is 6. The largest absolute Gasteiger partial charge is 0.494 e. The van der Waals surface area contributed by atoms with E-state index in [4.69, 9.17) is 4.74 Å². The molecule has 4 aromatic rings. The lowest BCUT2D eigenvalue weighted by Crippen LogP contribution is -2.41. The molecule has 0 atom stereocenters. The van der Waals surface area contributed by atoms with E-state index in [-0.39, 0.29) is 6.54 Å². The van der Waals surface area contributed by atoms with Gasteiger partial charge >= 0.3 is 11.7 Å². The number of thiophene rings is 1. The summed E-state index contributed by atoms with van der Waals surface area (Å²) in [6, 6.07) is 15.4. The molecule has 0 fully saturated rings. The number of nitrogens with zero attached hydrogens (tertiary/aromatic N) is 2. The van der Waals surface area contributed by atoms with Crippen molar-refractivity contribution in [1.29, 1.82) is 0 Å². The molecule has 0 aliphatic heterocycles. The summed E-state index contributed by atoms with van der Waals surface area (Å²) in [5, 5.41) is 9.74. The molecule has 0 unspecified atom stereocenters. The SMILES string of the molecule is CCCOc1ccc(-c2sc3c(c2C)c(=O)n(CC(=O)O)c(=O)n3Cc2ccccc2SC)cc1. The molecule has 0 spiro atoms. The van der Waals surface area contributed by atoms with Crippen molar-refractivity contribution >= 4 is 39.3 Å². The van der Waals surface area contributed by atoms with Gasteiger partial charge in [-0.1, -0.05) is 25.1 Å². The van der Waals surface area contributed by atoms with Gasteiger partial charge in [0.2, 0.25) is 0 Å². The zero-order valence-electron chi connectivity index (χ0n) is 19.7. The van der Waals surface area contributed by atoms with Crippen LogP contribution in [-0.2, 0) is 17.9 Å². The second-order valence-corrected chi connectivity index (χ2v) is 9.92. The van der Waals surface area contributed by atoms with Crippen molar-refractivity contribution in [3.05, 3.63) is 80.5 Å². The molecule has 182 valence electrons. The molecular weight excluding hydrogens is 484 g/mol. The summed E-state index contributed by atoms with van der Waals surface area (Å²) in [7, 11) is 0. The van der Waals surface area contributed by atoms with E-state index in [0.29, 0.717) is 16.8 Å². The molecule has 0 aliphatic carbocycles. The molecule has 9 heteroatoms. The molecule has 0 saturated heterocycles. The number of aromatic nitrogens is 2. The molecule has 1 N–H and O–H groups in total. The highest BCUT2D eigenvalue weighted by molar-refractivity contribution is 7.98. The first-order valence-electron chi connectivity index (χ1n) is 11.2. The molecule has 0 bridgehead atoms. The van der Waals surface area contributed by atoms with Gasteiger partial charge < -0.3 is 9.84 Å². The minimum absolute atomic E-state index is 0.232. The van der Waals surface area contributed by atoms with Crippen LogP contribution >= 0.6 is 23.1 Å². The quantitative estimate of drug-likeness (QED) is 0.324. The Balaban J connectivity index is 1.93. The average molecular weight is 511 g/mol. The lowest BCUT2D eigenvalue weighted by molar-refractivity contribution is -0.137. The van der Waals surface area contributed by atoms with E-state index in [0.717, 1.165) is 43.2 Å². The Morgan fingerprint density at radius 2 is 1.80 bits per heavy atom. The van der Waals surface area contributed by atoms with Crippen LogP contribution in [0.25, 0.3) is 20.7 Å². The van der Waals surface area contributed by atoms with Crippen molar-refractivity contribution in [2.45, 2.75) is 38.3 Å². The third-order valence-corrected chi connectivity index (χ3v) is 7.90. The van der Waals surface area contributed by atoms with Crippen molar-refractivity contribution in [3.63, 3.8) is 0 Å². The Morgan fingerprint density at radius 1 is 1.09 bits per heavy atom. The molecule has 35 heavy (non-hydrogen) atoms. The summed E-state index contributed by atoms with van der Waals surface area (Å²) < 4.78 is 8.02. The third kappa shape index (κ3) is 4.92. The maximum absolute atomic E-state index is 13.4. The van der Waals surface area contributed by atoms with Gasteiger partial charge in [0.15, 0.2) is 0 Å². The summed E-state index contributed by atoms with van der Waals surface area (Å²) >= 11 is 2.94. The van der Waals surface area contributed by atoms with Gasteiger partial charge in [-0.2, -0.15) is 0 Å². The Labute approximate surface area is 210 Å². The summed E-state index contributed by atoms with van der Waals surface area (Å²) in [6.07, 6.45) is 2.88. The van der Waals surface area contributed by atoms with Gasteiger partial charge in [-0.3, -0.25) is 14.2 Å². The van der Waals surface area contributed by atoms with Crippen molar-refractivity contribution in [2.75, 3.05) is 12.9 Å². The van der Waals surface area contributed by atoms with Crippen molar-refractivity contribution in [3.8, 4) is 16.2 Å². The molecule has 0 radical (unpaired) electrons. The smallest absolute Gasteiger partial charge is 0.332 e. The lowest BCUT2D eigenvalue weighted by Gasteiger charge is -2.13. The van der Waals surface area contributed by atoms with Crippen LogP contribution in [-0.4, -0.2) is 33.1 Å². The molecule has 0 amide bonds. The Bertz CT molecular complexity index is 1500. The summed E-state index contributed by atoms with van der Waals surface area (Å²) in [4.78, 5) is 40.6. The van der Waals surface area contributed by atoms with E-state index in [1.807, 2.05) is 68.6 Å². The van der Waals surface area contributed by atoms with Crippen LogP contribution in [0.5, 0.6) is 5.75 Å².